The molecule has 170 valence electrons. The molecule has 0 radical (unpaired) electrons. The lowest BCUT2D eigenvalue weighted by Crippen LogP contribution is -2.30. The topological polar surface area (TPSA) is 113 Å². The van der Waals surface area contributed by atoms with E-state index >= 15 is 0 Å². The minimum absolute atomic E-state index is 0.0205. The van der Waals surface area contributed by atoms with Crippen molar-refractivity contribution in [2.75, 3.05) is 10.2 Å². The molecule has 8 nitrogen and oxygen atoms in total. The third-order valence-electron chi connectivity index (χ3n) is 5.41. The van der Waals surface area contributed by atoms with E-state index in [4.69, 9.17) is 8.83 Å². The van der Waals surface area contributed by atoms with Gasteiger partial charge in [0.1, 0.15) is 17.4 Å². The van der Waals surface area contributed by atoms with Crippen molar-refractivity contribution >= 4 is 55.9 Å². The van der Waals surface area contributed by atoms with E-state index in [2.05, 4.69) is 21.2 Å². The number of ketones is 1. The quantitative estimate of drug-likeness (QED) is 0.334. The van der Waals surface area contributed by atoms with Gasteiger partial charge in [0.15, 0.2) is 11.5 Å². The van der Waals surface area contributed by atoms with Crippen molar-refractivity contribution in [1.82, 2.24) is 0 Å². The zero-order valence-corrected chi connectivity index (χ0v) is 19.3. The standard InChI is InChI=1S/C25H17BrN2O6/c1-13(29)27-16-4-2-5-17(12-16)28-22(19-6-3-9-33-19)21(24(31)25(28)32)23(30)20-11-14-10-15(26)7-8-18(14)34-20/h2-12,22,31H,1H3,(H,27,29). The van der Waals surface area contributed by atoms with Crippen LogP contribution in [0.25, 0.3) is 11.0 Å². The smallest absolute Gasteiger partial charge is 0.294 e. The van der Waals surface area contributed by atoms with Crippen LogP contribution in [0.2, 0.25) is 0 Å². The summed E-state index contributed by atoms with van der Waals surface area (Å²) >= 11 is 3.39. The molecule has 2 aromatic heterocycles. The van der Waals surface area contributed by atoms with E-state index in [0.717, 1.165) is 4.47 Å². The van der Waals surface area contributed by atoms with Gasteiger partial charge < -0.3 is 19.3 Å². The number of amides is 2. The van der Waals surface area contributed by atoms with Gasteiger partial charge in [-0.05, 0) is 54.6 Å². The number of fused-ring (bicyclic) bond motifs is 1. The van der Waals surface area contributed by atoms with Crippen molar-refractivity contribution in [3.63, 3.8) is 0 Å². The van der Waals surface area contributed by atoms with E-state index < -0.39 is 23.5 Å². The van der Waals surface area contributed by atoms with E-state index in [-0.39, 0.29) is 23.0 Å². The van der Waals surface area contributed by atoms with Gasteiger partial charge in [0.2, 0.25) is 11.7 Å². The molecule has 1 aliphatic rings. The van der Waals surface area contributed by atoms with E-state index in [1.807, 2.05) is 0 Å². The van der Waals surface area contributed by atoms with Gasteiger partial charge in [-0.1, -0.05) is 22.0 Å². The molecule has 0 fully saturated rings. The van der Waals surface area contributed by atoms with Gasteiger partial charge in [-0.2, -0.15) is 0 Å². The fourth-order valence-electron chi connectivity index (χ4n) is 4.02. The molecular formula is C25H17BrN2O6. The third-order valence-corrected chi connectivity index (χ3v) is 5.91. The van der Waals surface area contributed by atoms with Crippen LogP contribution >= 0.6 is 15.9 Å². The molecule has 1 aliphatic heterocycles. The Bertz CT molecular complexity index is 1480. The zero-order chi connectivity index (χ0) is 24.0. The number of carbonyl (C=O) groups excluding carboxylic acids is 3. The number of rotatable bonds is 5. The molecule has 0 saturated carbocycles. The maximum absolute atomic E-state index is 13.6. The van der Waals surface area contributed by atoms with Crippen LogP contribution in [-0.4, -0.2) is 22.7 Å². The predicted molar refractivity (Wildman–Crippen MR) is 128 cm³/mol. The first-order valence-electron chi connectivity index (χ1n) is 10.2. The second kappa shape index (κ2) is 8.35. The highest BCUT2D eigenvalue weighted by Gasteiger charge is 2.46. The van der Waals surface area contributed by atoms with Crippen LogP contribution in [0, 0.1) is 0 Å². The molecule has 4 aromatic rings. The number of furan rings is 2. The second-order valence-electron chi connectivity index (χ2n) is 7.71. The van der Waals surface area contributed by atoms with Crippen molar-refractivity contribution in [2.24, 2.45) is 0 Å². The Morgan fingerprint density at radius 3 is 2.65 bits per heavy atom. The molecule has 3 heterocycles. The SMILES string of the molecule is CC(=O)Nc1cccc(N2C(=O)C(O)=C(C(=O)c3cc4cc(Br)ccc4o3)C2c2ccco2)c1. The summed E-state index contributed by atoms with van der Waals surface area (Å²) in [5.41, 5.74) is 1.15. The van der Waals surface area contributed by atoms with Crippen molar-refractivity contribution in [3.05, 3.63) is 94.3 Å². The Labute approximate surface area is 201 Å². The fourth-order valence-corrected chi connectivity index (χ4v) is 4.39. The number of Topliss-reactive ketones (excluding diaryl/α,β-unsaturated/α-hetero) is 1. The minimum atomic E-state index is -1.04. The highest BCUT2D eigenvalue weighted by molar-refractivity contribution is 9.10. The minimum Gasteiger partial charge on any atom is -0.503 e. The van der Waals surface area contributed by atoms with Crippen LogP contribution in [-0.2, 0) is 9.59 Å². The van der Waals surface area contributed by atoms with Gasteiger partial charge in [0, 0.05) is 28.2 Å². The van der Waals surface area contributed by atoms with Crippen molar-refractivity contribution < 1.29 is 28.3 Å². The lowest BCUT2D eigenvalue weighted by atomic mass is 9.99. The van der Waals surface area contributed by atoms with E-state index in [0.29, 0.717) is 22.3 Å². The van der Waals surface area contributed by atoms with Crippen LogP contribution in [0.4, 0.5) is 11.4 Å². The first-order valence-corrected chi connectivity index (χ1v) is 11.0. The summed E-state index contributed by atoms with van der Waals surface area (Å²) in [6.45, 7) is 1.37. The number of nitrogens with zero attached hydrogens (tertiary/aromatic N) is 1. The van der Waals surface area contributed by atoms with Gasteiger partial charge >= 0.3 is 0 Å². The van der Waals surface area contributed by atoms with E-state index in [1.54, 1.807) is 60.7 Å². The molecule has 0 saturated heterocycles. The van der Waals surface area contributed by atoms with Gasteiger partial charge in [-0.25, -0.2) is 0 Å². The van der Waals surface area contributed by atoms with Gasteiger partial charge in [-0.15, -0.1) is 0 Å². The molecule has 0 aliphatic carbocycles. The monoisotopic (exact) mass is 520 g/mol. The summed E-state index contributed by atoms with van der Waals surface area (Å²) < 4.78 is 12.1. The number of anilines is 2. The Kier molecular flexibility index (Phi) is 5.33. The number of hydrogen-bond acceptors (Lipinski definition) is 6. The van der Waals surface area contributed by atoms with Crippen LogP contribution in [0.15, 0.2) is 91.6 Å². The molecule has 1 unspecified atom stereocenters. The largest absolute Gasteiger partial charge is 0.503 e. The highest BCUT2D eigenvalue weighted by atomic mass is 79.9. The fraction of sp³-hybridized carbons (Fsp3) is 0.0800. The van der Waals surface area contributed by atoms with Crippen LogP contribution in [0.5, 0.6) is 0 Å². The summed E-state index contributed by atoms with van der Waals surface area (Å²) in [4.78, 5) is 39.5. The van der Waals surface area contributed by atoms with Gasteiger partial charge in [-0.3, -0.25) is 19.3 Å². The Morgan fingerprint density at radius 1 is 1.09 bits per heavy atom. The summed E-state index contributed by atoms with van der Waals surface area (Å²) in [7, 11) is 0. The number of aliphatic hydroxyl groups is 1. The second-order valence-corrected chi connectivity index (χ2v) is 8.62. The number of aliphatic hydroxyl groups excluding tert-OH is 1. The average Bonchev–Trinajstić information content (AvgIpc) is 3.52. The summed E-state index contributed by atoms with van der Waals surface area (Å²) in [6, 6.07) is 15.6. The first kappa shape index (κ1) is 21.7. The number of nitrogens with one attached hydrogen (secondary N) is 1. The molecule has 1 atom stereocenters. The van der Waals surface area contributed by atoms with Gasteiger partial charge in [0.25, 0.3) is 5.91 Å². The summed E-state index contributed by atoms with van der Waals surface area (Å²) in [6.07, 6.45) is 1.42. The van der Waals surface area contributed by atoms with Crippen LogP contribution in [0.3, 0.4) is 0 Å². The lowest BCUT2D eigenvalue weighted by Gasteiger charge is -2.25. The molecule has 0 bridgehead atoms. The first-order chi connectivity index (χ1) is 16.3. The molecule has 34 heavy (non-hydrogen) atoms. The number of hydrogen-bond donors (Lipinski definition) is 2. The summed E-state index contributed by atoms with van der Waals surface area (Å²) in [5, 5.41) is 14.2. The maximum atomic E-state index is 13.6. The highest BCUT2D eigenvalue weighted by Crippen LogP contribution is 2.43. The van der Waals surface area contributed by atoms with Crippen molar-refractivity contribution in [2.45, 2.75) is 13.0 Å². The van der Waals surface area contributed by atoms with Crippen LogP contribution < -0.4 is 10.2 Å². The molecule has 5 rings (SSSR count). The summed E-state index contributed by atoms with van der Waals surface area (Å²) in [5.74, 6) is -2.13. The maximum Gasteiger partial charge on any atom is 0.294 e. The van der Waals surface area contributed by atoms with E-state index in [1.165, 1.54) is 18.1 Å². The molecule has 2 aromatic carbocycles. The number of halogens is 1. The molecular weight excluding hydrogens is 504 g/mol. The average molecular weight is 521 g/mol. The lowest BCUT2D eigenvalue weighted by molar-refractivity contribution is -0.117. The van der Waals surface area contributed by atoms with E-state index in [9.17, 15) is 19.5 Å². The molecule has 2 amide bonds. The molecule has 0 spiro atoms. The zero-order valence-electron chi connectivity index (χ0n) is 17.7. The molecule has 2 N–H and O–H groups in total. The normalized spacial score (nSPS) is 15.9. The Morgan fingerprint density at radius 2 is 1.91 bits per heavy atom. The van der Waals surface area contributed by atoms with Gasteiger partial charge in [0.05, 0.1) is 11.8 Å². The Balaban J connectivity index is 1.61. The predicted octanol–water partition coefficient (Wildman–Crippen LogP) is 5.53. The molecule has 9 heteroatoms. The number of benzene rings is 2. The Hall–Kier alpha value is -4.11. The van der Waals surface area contributed by atoms with Crippen molar-refractivity contribution in [1.29, 1.82) is 0 Å². The van der Waals surface area contributed by atoms with Crippen molar-refractivity contribution in [3.8, 4) is 0 Å². The third kappa shape index (κ3) is 3.69. The number of carbonyl (C=O) groups is 3. The van der Waals surface area contributed by atoms with Crippen LogP contribution in [0.1, 0.15) is 29.3 Å².